The molecule has 0 saturated carbocycles. The second-order valence-electron chi connectivity index (χ2n) is 6.70. The normalized spacial score (nSPS) is 11.2. The fourth-order valence-corrected chi connectivity index (χ4v) is 3.86. The van der Waals surface area contributed by atoms with E-state index in [-0.39, 0.29) is 0 Å². The summed E-state index contributed by atoms with van der Waals surface area (Å²) in [5.41, 5.74) is 3.68. The van der Waals surface area contributed by atoms with Crippen molar-refractivity contribution in [2.24, 2.45) is 0 Å². The molecule has 0 aliphatic carbocycles. The Balaban J connectivity index is 1.57. The van der Waals surface area contributed by atoms with E-state index in [9.17, 15) is 5.26 Å². The Morgan fingerprint density at radius 1 is 0.862 bits per heavy atom. The molecule has 4 aromatic rings. The average Bonchev–Trinajstić information content (AvgIpc) is 2.77. The van der Waals surface area contributed by atoms with Gasteiger partial charge in [-0.1, -0.05) is 72.8 Å². The standard InChI is InChI=1S/C26H18INO/c27-25-15-20(10-13-26(25)29-18-19-6-2-1-3-7-19)14-24(17-28)23-12-11-21-8-4-5-9-22(21)16-23/h1-16H,18H2. The number of hydrogen-bond acceptors (Lipinski definition) is 2. The van der Waals surface area contributed by atoms with Gasteiger partial charge in [0.05, 0.1) is 15.2 Å². The van der Waals surface area contributed by atoms with Gasteiger partial charge >= 0.3 is 0 Å². The Morgan fingerprint density at radius 3 is 2.38 bits per heavy atom. The van der Waals surface area contributed by atoms with E-state index in [4.69, 9.17) is 4.74 Å². The number of halogens is 1. The summed E-state index contributed by atoms with van der Waals surface area (Å²) in [6.07, 6.45) is 1.92. The van der Waals surface area contributed by atoms with Crippen molar-refractivity contribution in [2.45, 2.75) is 6.61 Å². The second kappa shape index (κ2) is 8.93. The lowest BCUT2D eigenvalue weighted by Gasteiger charge is -2.09. The van der Waals surface area contributed by atoms with Crippen molar-refractivity contribution in [3.05, 3.63) is 111 Å². The predicted molar refractivity (Wildman–Crippen MR) is 127 cm³/mol. The monoisotopic (exact) mass is 487 g/mol. The molecule has 0 radical (unpaired) electrons. The number of nitriles is 1. The maximum atomic E-state index is 9.70. The third-order valence-corrected chi connectivity index (χ3v) is 5.53. The van der Waals surface area contributed by atoms with Crippen LogP contribution in [0.15, 0.2) is 91.0 Å². The summed E-state index contributed by atoms with van der Waals surface area (Å²) in [5.74, 6) is 0.843. The van der Waals surface area contributed by atoms with Gasteiger partial charge < -0.3 is 4.74 Å². The lowest BCUT2D eigenvalue weighted by molar-refractivity contribution is 0.304. The zero-order chi connectivity index (χ0) is 20.1. The van der Waals surface area contributed by atoms with Crippen molar-refractivity contribution >= 4 is 45.0 Å². The number of rotatable bonds is 5. The molecule has 140 valence electrons. The molecule has 0 N–H and O–H groups in total. The third kappa shape index (κ3) is 4.67. The number of ether oxygens (including phenoxy) is 1. The summed E-state index contributed by atoms with van der Waals surface area (Å²) < 4.78 is 6.97. The zero-order valence-electron chi connectivity index (χ0n) is 15.7. The lowest BCUT2D eigenvalue weighted by atomic mass is 10.0. The fraction of sp³-hybridized carbons (Fsp3) is 0.0385. The van der Waals surface area contributed by atoms with E-state index >= 15 is 0 Å². The zero-order valence-corrected chi connectivity index (χ0v) is 17.8. The van der Waals surface area contributed by atoms with Crippen molar-refractivity contribution in [3.8, 4) is 11.8 Å². The maximum absolute atomic E-state index is 9.70. The van der Waals surface area contributed by atoms with Gasteiger partial charge in [0.2, 0.25) is 0 Å². The molecule has 0 aliphatic rings. The van der Waals surface area contributed by atoms with Crippen LogP contribution in [0.3, 0.4) is 0 Å². The number of allylic oxidation sites excluding steroid dienone is 1. The molecule has 0 atom stereocenters. The Labute approximate surface area is 184 Å². The van der Waals surface area contributed by atoms with Crippen LogP contribution >= 0.6 is 22.6 Å². The molecule has 0 unspecified atom stereocenters. The van der Waals surface area contributed by atoms with Gasteiger partial charge in [0.25, 0.3) is 0 Å². The molecule has 4 rings (SSSR count). The quantitative estimate of drug-likeness (QED) is 0.171. The highest BCUT2D eigenvalue weighted by Crippen LogP contribution is 2.27. The van der Waals surface area contributed by atoms with Gasteiger partial charge in [-0.25, -0.2) is 0 Å². The minimum absolute atomic E-state index is 0.534. The van der Waals surface area contributed by atoms with E-state index in [0.717, 1.165) is 31.4 Å². The molecule has 3 heteroatoms. The first-order chi connectivity index (χ1) is 14.2. The van der Waals surface area contributed by atoms with E-state index < -0.39 is 0 Å². The molecule has 0 saturated heterocycles. The van der Waals surface area contributed by atoms with Crippen LogP contribution in [0.2, 0.25) is 0 Å². The molecule has 0 bridgehead atoms. The Bertz CT molecular complexity index is 1220. The van der Waals surface area contributed by atoms with Crippen molar-refractivity contribution in [2.75, 3.05) is 0 Å². The topological polar surface area (TPSA) is 33.0 Å². The highest BCUT2D eigenvalue weighted by atomic mass is 127. The molecule has 2 nitrogen and oxygen atoms in total. The smallest absolute Gasteiger partial charge is 0.133 e. The Kier molecular flexibility index (Phi) is 5.92. The molecular weight excluding hydrogens is 469 g/mol. The van der Waals surface area contributed by atoms with Crippen LogP contribution in [-0.4, -0.2) is 0 Å². The van der Waals surface area contributed by atoms with Crippen LogP contribution in [0, 0.1) is 14.9 Å². The van der Waals surface area contributed by atoms with Crippen LogP contribution in [0.4, 0.5) is 0 Å². The van der Waals surface area contributed by atoms with Gasteiger partial charge in [0.1, 0.15) is 12.4 Å². The van der Waals surface area contributed by atoms with Crippen LogP contribution in [0.1, 0.15) is 16.7 Å². The molecule has 0 amide bonds. The van der Waals surface area contributed by atoms with Crippen molar-refractivity contribution in [1.82, 2.24) is 0 Å². The summed E-state index contributed by atoms with van der Waals surface area (Å²) >= 11 is 2.28. The maximum Gasteiger partial charge on any atom is 0.133 e. The van der Waals surface area contributed by atoms with Gasteiger partial charge in [-0.2, -0.15) is 5.26 Å². The van der Waals surface area contributed by atoms with Crippen molar-refractivity contribution in [3.63, 3.8) is 0 Å². The van der Waals surface area contributed by atoms with Gasteiger partial charge in [-0.05, 0) is 74.3 Å². The summed E-state index contributed by atoms with van der Waals surface area (Å²) in [5, 5.41) is 12.0. The van der Waals surface area contributed by atoms with Crippen molar-refractivity contribution in [1.29, 1.82) is 5.26 Å². The van der Waals surface area contributed by atoms with E-state index in [1.54, 1.807) is 0 Å². The predicted octanol–water partition coefficient (Wildman–Crippen LogP) is 7.09. The van der Waals surface area contributed by atoms with Crippen LogP contribution in [-0.2, 0) is 6.61 Å². The molecule has 0 aliphatic heterocycles. The van der Waals surface area contributed by atoms with Gasteiger partial charge in [0, 0.05) is 0 Å². The molecule has 0 heterocycles. The molecule has 0 fully saturated rings. The van der Waals surface area contributed by atoms with E-state index in [2.05, 4.69) is 52.9 Å². The summed E-state index contributed by atoms with van der Waals surface area (Å²) in [4.78, 5) is 0. The Morgan fingerprint density at radius 2 is 1.62 bits per heavy atom. The number of hydrogen-bond donors (Lipinski definition) is 0. The second-order valence-corrected chi connectivity index (χ2v) is 7.86. The minimum Gasteiger partial charge on any atom is -0.488 e. The van der Waals surface area contributed by atoms with Gasteiger partial charge in [-0.3, -0.25) is 0 Å². The fourth-order valence-electron chi connectivity index (χ4n) is 3.16. The molecule has 4 aromatic carbocycles. The molecule has 0 spiro atoms. The first-order valence-electron chi connectivity index (χ1n) is 9.30. The van der Waals surface area contributed by atoms with E-state index in [1.807, 2.05) is 72.8 Å². The van der Waals surface area contributed by atoms with Crippen LogP contribution in [0.25, 0.3) is 22.4 Å². The molecule has 0 aromatic heterocycles. The van der Waals surface area contributed by atoms with E-state index in [0.29, 0.717) is 12.2 Å². The number of fused-ring (bicyclic) bond motifs is 1. The van der Waals surface area contributed by atoms with Gasteiger partial charge in [0.15, 0.2) is 0 Å². The largest absolute Gasteiger partial charge is 0.488 e. The minimum atomic E-state index is 0.534. The lowest BCUT2D eigenvalue weighted by Crippen LogP contribution is -1.97. The van der Waals surface area contributed by atoms with Crippen LogP contribution < -0.4 is 4.74 Å². The Hall–Kier alpha value is -3.10. The highest BCUT2D eigenvalue weighted by molar-refractivity contribution is 14.1. The third-order valence-electron chi connectivity index (χ3n) is 4.69. The summed E-state index contributed by atoms with van der Waals surface area (Å²) in [6, 6.07) is 32.7. The first-order valence-corrected chi connectivity index (χ1v) is 10.4. The molecular formula is C26H18INO. The first kappa shape index (κ1) is 19.2. The summed E-state index contributed by atoms with van der Waals surface area (Å²) in [7, 11) is 0. The molecule has 29 heavy (non-hydrogen) atoms. The van der Waals surface area contributed by atoms with E-state index in [1.165, 1.54) is 5.39 Å². The highest BCUT2D eigenvalue weighted by Gasteiger charge is 2.06. The van der Waals surface area contributed by atoms with Crippen molar-refractivity contribution < 1.29 is 4.74 Å². The number of benzene rings is 4. The summed E-state index contributed by atoms with van der Waals surface area (Å²) in [6.45, 7) is 0.534. The average molecular weight is 487 g/mol. The SMILES string of the molecule is N#CC(=Cc1ccc(OCc2ccccc2)c(I)c1)c1ccc2ccccc2c1. The van der Waals surface area contributed by atoms with Gasteiger partial charge in [-0.15, -0.1) is 0 Å². The number of nitrogens with zero attached hydrogens (tertiary/aromatic N) is 1. The van der Waals surface area contributed by atoms with Crippen LogP contribution in [0.5, 0.6) is 5.75 Å².